The van der Waals surface area contributed by atoms with Gasteiger partial charge in [0.05, 0.1) is 0 Å². The summed E-state index contributed by atoms with van der Waals surface area (Å²) in [6.07, 6.45) is 1.13. The molecule has 140 valence electrons. The Morgan fingerprint density at radius 3 is 1.35 bits per heavy atom. The maximum absolute atomic E-state index is 6.06. The maximum atomic E-state index is 6.06. The van der Waals surface area contributed by atoms with Gasteiger partial charge in [0.1, 0.15) is 0 Å². The number of rotatable bonds is 13. The molecule has 0 heterocycles. The zero-order chi connectivity index (χ0) is 18.1. The van der Waals surface area contributed by atoms with Crippen molar-refractivity contribution in [1.29, 1.82) is 0 Å². The molecular weight excluding hydrogens is 306 g/mol. The molecule has 0 aromatic heterocycles. The summed E-state index contributed by atoms with van der Waals surface area (Å²) in [4.78, 5) is 6.94. The zero-order valence-corrected chi connectivity index (χ0v) is 18.1. The molecule has 0 aliphatic carbocycles. The lowest BCUT2D eigenvalue weighted by molar-refractivity contribution is 0.0946. The van der Waals surface area contributed by atoms with Crippen LogP contribution in [-0.2, 0) is 8.85 Å². The van der Waals surface area contributed by atoms with Crippen molar-refractivity contribution in [2.24, 2.45) is 5.41 Å². The molecule has 0 saturated heterocycles. The summed E-state index contributed by atoms with van der Waals surface area (Å²) in [5.74, 6) is 0. The number of nitrogens with zero attached hydrogens (tertiary/aromatic N) is 3. The Bertz CT molecular complexity index is 280. The normalized spacial score (nSPS) is 13.6. The van der Waals surface area contributed by atoms with E-state index in [-0.39, 0.29) is 5.41 Å². The average Bonchev–Trinajstić information content (AvgIpc) is 2.34. The molecule has 0 bridgehead atoms. The first-order valence-corrected chi connectivity index (χ1v) is 11.3. The number of hydrogen-bond acceptors (Lipinski definition) is 5. The van der Waals surface area contributed by atoms with Crippen molar-refractivity contribution in [3.63, 3.8) is 0 Å². The monoisotopic (exact) mass is 347 g/mol. The molecule has 5 nitrogen and oxygen atoms in total. The van der Waals surface area contributed by atoms with Crippen LogP contribution in [0, 0.1) is 5.41 Å². The molecule has 0 fully saturated rings. The molecule has 0 amide bonds. The first-order valence-electron chi connectivity index (χ1n) is 8.80. The molecule has 23 heavy (non-hydrogen) atoms. The Balaban J connectivity index is 5.22. The van der Waals surface area contributed by atoms with Gasteiger partial charge in [0.15, 0.2) is 0 Å². The first-order chi connectivity index (χ1) is 10.6. The molecule has 0 aliphatic rings. The van der Waals surface area contributed by atoms with Crippen LogP contribution in [0.25, 0.3) is 0 Å². The van der Waals surface area contributed by atoms with Crippen molar-refractivity contribution < 1.29 is 8.85 Å². The summed E-state index contributed by atoms with van der Waals surface area (Å²) in [6.45, 7) is 11.1. The molecule has 0 aromatic rings. The quantitative estimate of drug-likeness (QED) is 0.476. The minimum Gasteiger partial charge on any atom is -0.395 e. The highest BCUT2D eigenvalue weighted by Crippen LogP contribution is 2.31. The van der Waals surface area contributed by atoms with Crippen molar-refractivity contribution in [3.05, 3.63) is 0 Å². The lowest BCUT2D eigenvalue weighted by Gasteiger charge is -2.42. The second-order valence-corrected chi connectivity index (χ2v) is 11.1. The molecular formula is C17H41N3O2Si. The Morgan fingerprint density at radius 2 is 1.09 bits per heavy atom. The van der Waals surface area contributed by atoms with E-state index >= 15 is 0 Å². The highest BCUT2D eigenvalue weighted by molar-refractivity contribution is 6.66. The SMILES string of the molecule is CCO[Si](C)(CCC(CN(C)C)(CN(C)C)CN(C)C)OCC. The predicted octanol–water partition coefficient (Wildman–Crippen LogP) is 2.19. The summed E-state index contributed by atoms with van der Waals surface area (Å²) >= 11 is 0. The van der Waals surface area contributed by atoms with E-state index in [0.717, 1.165) is 45.3 Å². The molecule has 0 N–H and O–H groups in total. The van der Waals surface area contributed by atoms with Crippen molar-refractivity contribution in [1.82, 2.24) is 14.7 Å². The summed E-state index contributed by atoms with van der Waals surface area (Å²) in [7, 11) is 10.9. The lowest BCUT2D eigenvalue weighted by Crippen LogP contribution is -2.50. The largest absolute Gasteiger partial charge is 0.395 e. The third kappa shape index (κ3) is 9.79. The fourth-order valence-corrected chi connectivity index (χ4v) is 6.27. The van der Waals surface area contributed by atoms with Gasteiger partial charge in [-0.1, -0.05) is 0 Å². The summed E-state index contributed by atoms with van der Waals surface area (Å²) in [5.41, 5.74) is 0.221. The molecule has 0 spiro atoms. The van der Waals surface area contributed by atoms with Gasteiger partial charge >= 0.3 is 8.56 Å². The maximum Gasteiger partial charge on any atom is 0.334 e. The van der Waals surface area contributed by atoms with E-state index in [1.807, 2.05) is 0 Å². The van der Waals surface area contributed by atoms with Crippen molar-refractivity contribution in [3.8, 4) is 0 Å². The Morgan fingerprint density at radius 1 is 0.739 bits per heavy atom. The van der Waals surface area contributed by atoms with Crippen molar-refractivity contribution in [2.75, 3.05) is 75.1 Å². The van der Waals surface area contributed by atoms with Gasteiger partial charge < -0.3 is 23.6 Å². The molecule has 0 radical (unpaired) electrons. The second-order valence-electron chi connectivity index (χ2n) is 7.71. The summed E-state index contributed by atoms with van der Waals surface area (Å²) < 4.78 is 12.1. The topological polar surface area (TPSA) is 28.2 Å². The highest BCUT2D eigenvalue weighted by atomic mass is 28.4. The molecule has 0 saturated carbocycles. The van der Waals surface area contributed by atoms with Crippen LogP contribution in [0.4, 0.5) is 0 Å². The van der Waals surface area contributed by atoms with Crippen LogP contribution in [0.1, 0.15) is 20.3 Å². The molecule has 0 aliphatic heterocycles. The smallest absolute Gasteiger partial charge is 0.334 e. The van der Waals surface area contributed by atoms with Crippen LogP contribution in [0.15, 0.2) is 0 Å². The minimum absolute atomic E-state index is 0.221. The van der Waals surface area contributed by atoms with Gasteiger partial charge in [0.25, 0.3) is 0 Å². The molecule has 0 rings (SSSR count). The van der Waals surface area contributed by atoms with E-state index in [9.17, 15) is 0 Å². The van der Waals surface area contributed by atoms with Gasteiger partial charge in [-0.15, -0.1) is 0 Å². The van der Waals surface area contributed by atoms with E-state index in [4.69, 9.17) is 8.85 Å². The summed E-state index contributed by atoms with van der Waals surface area (Å²) in [5, 5.41) is 0. The molecule has 6 heteroatoms. The Kier molecular flexibility index (Phi) is 10.8. The van der Waals surface area contributed by atoms with Gasteiger partial charge in [-0.2, -0.15) is 0 Å². The standard InChI is InChI=1S/C17H41N3O2Si/c1-10-21-23(9,22-11-2)13-12-17(14-18(3)4,15-19(5)6)16-20(7)8/h10-16H2,1-9H3. The fraction of sp³-hybridized carbons (Fsp3) is 1.00. The summed E-state index contributed by atoms with van der Waals surface area (Å²) in [6, 6.07) is 1.05. The molecule has 0 atom stereocenters. The van der Waals surface area contributed by atoms with Gasteiger partial charge in [-0.05, 0) is 75.1 Å². The van der Waals surface area contributed by atoms with Crippen LogP contribution in [0.5, 0.6) is 0 Å². The van der Waals surface area contributed by atoms with E-state index in [0.29, 0.717) is 0 Å². The first kappa shape index (κ1) is 23.0. The predicted molar refractivity (Wildman–Crippen MR) is 102 cm³/mol. The third-order valence-corrected chi connectivity index (χ3v) is 6.92. The van der Waals surface area contributed by atoms with Crippen molar-refractivity contribution >= 4 is 8.56 Å². The second kappa shape index (κ2) is 10.8. The zero-order valence-electron chi connectivity index (χ0n) is 17.1. The van der Waals surface area contributed by atoms with Gasteiger partial charge in [-0.25, -0.2) is 0 Å². The van der Waals surface area contributed by atoms with Crippen LogP contribution >= 0.6 is 0 Å². The van der Waals surface area contributed by atoms with E-state index in [2.05, 4.69) is 77.4 Å². The molecule has 0 unspecified atom stereocenters. The van der Waals surface area contributed by atoms with E-state index < -0.39 is 8.56 Å². The molecule has 0 aromatic carbocycles. The average molecular weight is 348 g/mol. The lowest BCUT2D eigenvalue weighted by atomic mass is 9.83. The van der Waals surface area contributed by atoms with Crippen LogP contribution in [0.2, 0.25) is 12.6 Å². The Hall–Kier alpha value is 0.0169. The fourth-order valence-electron chi connectivity index (χ4n) is 3.69. The van der Waals surface area contributed by atoms with Gasteiger partial charge in [-0.3, -0.25) is 0 Å². The Labute approximate surface area is 146 Å². The van der Waals surface area contributed by atoms with E-state index in [1.165, 1.54) is 0 Å². The van der Waals surface area contributed by atoms with E-state index in [1.54, 1.807) is 0 Å². The van der Waals surface area contributed by atoms with Crippen LogP contribution < -0.4 is 0 Å². The van der Waals surface area contributed by atoms with Crippen LogP contribution in [0.3, 0.4) is 0 Å². The van der Waals surface area contributed by atoms with Gasteiger partial charge in [0, 0.05) is 38.3 Å². The van der Waals surface area contributed by atoms with Crippen LogP contribution in [-0.4, -0.2) is 98.4 Å². The number of hydrogen-bond donors (Lipinski definition) is 0. The minimum atomic E-state index is -2.07. The van der Waals surface area contributed by atoms with Crippen molar-refractivity contribution in [2.45, 2.75) is 32.9 Å². The highest BCUT2D eigenvalue weighted by Gasteiger charge is 2.38. The third-order valence-electron chi connectivity index (χ3n) is 3.96. The van der Waals surface area contributed by atoms with Gasteiger partial charge in [0.2, 0.25) is 0 Å².